The number of imidazole rings is 1. The van der Waals surface area contributed by atoms with E-state index in [1.165, 1.54) is 36.8 Å². The monoisotopic (exact) mass is 201 g/mol. The molecule has 0 radical (unpaired) electrons. The minimum atomic E-state index is 0.882. The highest BCUT2D eigenvalue weighted by molar-refractivity contribution is 5.78. The van der Waals surface area contributed by atoms with E-state index in [0.29, 0.717) is 0 Å². The van der Waals surface area contributed by atoms with Crippen molar-refractivity contribution in [1.29, 1.82) is 0 Å². The van der Waals surface area contributed by atoms with Gasteiger partial charge in [0.25, 0.3) is 0 Å². The van der Waals surface area contributed by atoms with Crippen LogP contribution in [0.3, 0.4) is 0 Å². The lowest BCUT2D eigenvalue weighted by atomic mass is 9.91. The summed E-state index contributed by atoms with van der Waals surface area (Å²) in [7, 11) is 0. The van der Waals surface area contributed by atoms with Crippen LogP contribution in [0.4, 0.5) is 0 Å². The predicted octanol–water partition coefficient (Wildman–Crippen LogP) is 1.94. The third-order valence-corrected chi connectivity index (χ3v) is 3.33. The molecule has 0 aliphatic heterocycles. The second kappa shape index (κ2) is 2.99. The van der Waals surface area contributed by atoms with Crippen LogP contribution < -0.4 is 5.84 Å². The summed E-state index contributed by atoms with van der Waals surface area (Å²) in [6, 6.07) is 4.42. The van der Waals surface area contributed by atoms with E-state index in [9.17, 15) is 0 Å². The van der Waals surface area contributed by atoms with E-state index in [0.717, 1.165) is 16.9 Å². The van der Waals surface area contributed by atoms with Gasteiger partial charge in [0.2, 0.25) is 0 Å². The fourth-order valence-electron chi connectivity index (χ4n) is 2.44. The maximum Gasteiger partial charge on any atom is 0.125 e. The summed E-state index contributed by atoms with van der Waals surface area (Å²) in [5.74, 6) is 6.81. The van der Waals surface area contributed by atoms with E-state index >= 15 is 0 Å². The molecule has 0 amide bonds. The van der Waals surface area contributed by atoms with Gasteiger partial charge >= 0.3 is 0 Å². The summed E-state index contributed by atoms with van der Waals surface area (Å²) in [6.45, 7) is 1.94. The Labute approximate surface area is 88.9 Å². The molecule has 0 saturated carbocycles. The van der Waals surface area contributed by atoms with Gasteiger partial charge in [-0.05, 0) is 55.9 Å². The first-order chi connectivity index (χ1) is 7.25. The number of aromatic nitrogens is 2. The van der Waals surface area contributed by atoms with Crippen LogP contribution in [-0.4, -0.2) is 9.66 Å². The summed E-state index contributed by atoms with van der Waals surface area (Å²) >= 11 is 0. The Kier molecular flexibility index (Phi) is 1.75. The number of nitrogens with two attached hydrogens (primary N) is 1. The second-order valence-corrected chi connectivity index (χ2v) is 4.35. The van der Waals surface area contributed by atoms with Crippen molar-refractivity contribution in [2.45, 2.75) is 32.6 Å². The molecule has 1 heterocycles. The largest absolute Gasteiger partial charge is 0.337 e. The quantitative estimate of drug-likeness (QED) is 0.662. The number of rotatable bonds is 0. The number of hydrogen-bond acceptors (Lipinski definition) is 2. The van der Waals surface area contributed by atoms with Gasteiger partial charge in [-0.2, -0.15) is 0 Å². The van der Waals surface area contributed by atoms with Crippen LogP contribution in [0.2, 0.25) is 0 Å². The highest BCUT2D eigenvalue weighted by atomic mass is 15.3. The lowest BCUT2D eigenvalue weighted by Crippen LogP contribution is -2.10. The lowest BCUT2D eigenvalue weighted by Gasteiger charge is -2.15. The maximum absolute atomic E-state index is 5.93. The van der Waals surface area contributed by atoms with Gasteiger partial charge in [-0.1, -0.05) is 0 Å². The molecule has 0 bridgehead atoms. The first-order valence-electron chi connectivity index (χ1n) is 5.51. The van der Waals surface area contributed by atoms with Gasteiger partial charge in [0, 0.05) is 0 Å². The Bertz CT molecular complexity index is 525. The van der Waals surface area contributed by atoms with Crippen molar-refractivity contribution in [3.63, 3.8) is 0 Å². The zero-order valence-electron chi connectivity index (χ0n) is 8.95. The highest BCUT2D eigenvalue weighted by Gasteiger charge is 2.13. The Hall–Kier alpha value is -1.51. The molecule has 1 aliphatic rings. The number of nitrogens with zero attached hydrogens (tertiary/aromatic N) is 2. The highest BCUT2D eigenvalue weighted by Crippen LogP contribution is 2.26. The van der Waals surface area contributed by atoms with Crippen LogP contribution in [0.5, 0.6) is 0 Å². The first-order valence-corrected chi connectivity index (χ1v) is 5.51. The molecule has 2 N–H and O–H groups in total. The molecule has 2 aromatic rings. The van der Waals surface area contributed by atoms with Crippen molar-refractivity contribution in [3.8, 4) is 0 Å². The molecule has 3 rings (SSSR count). The van der Waals surface area contributed by atoms with Crippen LogP contribution in [-0.2, 0) is 12.8 Å². The van der Waals surface area contributed by atoms with Crippen LogP contribution in [0.25, 0.3) is 11.0 Å². The maximum atomic E-state index is 5.93. The Morgan fingerprint density at radius 3 is 2.60 bits per heavy atom. The van der Waals surface area contributed by atoms with Crippen molar-refractivity contribution < 1.29 is 0 Å². The molecule has 78 valence electrons. The fraction of sp³-hybridized carbons (Fsp3) is 0.417. The lowest BCUT2D eigenvalue weighted by molar-refractivity contribution is 0.686. The second-order valence-electron chi connectivity index (χ2n) is 4.35. The average molecular weight is 201 g/mol. The van der Waals surface area contributed by atoms with E-state index in [4.69, 9.17) is 5.84 Å². The molecule has 3 heteroatoms. The fourth-order valence-corrected chi connectivity index (χ4v) is 2.44. The minimum absolute atomic E-state index is 0.882. The predicted molar refractivity (Wildman–Crippen MR) is 61.3 cm³/mol. The van der Waals surface area contributed by atoms with Gasteiger partial charge in [0.1, 0.15) is 5.82 Å². The Balaban J connectivity index is 2.30. The third-order valence-electron chi connectivity index (χ3n) is 3.33. The van der Waals surface area contributed by atoms with E-state index in [1.54, 1.807) is 4.68 Å². The number of aryl methyl sites for hydroxylation is 3. The molecule has 0 atom stereocenters. The first kappa shape index (κ1) is 8.77. The van der Waals surface area contributed by atoms with E-state index < -0.39 is 0 Å². The van der Waals surface area contributed by atoms with E-state index in [2.05, 4.69) is 17.1 Å². The van der Waals surface area contributed by atoms with Crippen LogP contribution in [0.15, 0.2) is 12.1 Å². The van der Waals surface area contributed by atoms with Gasteiger partial charge in [-0.25, -0.2) is 9.66 Å². The molecule has 3 nitrogen and oxygen atoms in total. The van der Waals surface area contributed by atoms with Crippen LogP contribution in [0.1, 0.15) is 29.8 Å². The molecular formula is C12H15N3. The van der Waals surface area contributed by atoms with Gasteiger partial charge in [0.15, 0.2) is 0 Å². The molecule has 1 aromatic heterocycles. The smallest absolute Gasteiger partial charge is 0.125 e. The van der Waals surface area contributed by atoms with Crippen molar-refractivity contribution >= 4 is 11.0 Å². The van der Waals surface area contributed by atoms with Gasteiger partial charge < -0.3 is 5.84 Å². The normalized spacial score (nSPS) is 15.5. The zero-order valence-corrected chi connectivity index (χ0v) is 8.95. The van der Waals surface area contributed by atoms with Crippen molar-refractivity contribution in [1.82, 2.24) is 9.66 Å². The summed E-state index contributed by atoms with van der Waals surface area (Å²) in [6.07, 6.45) is 4.99. The van der Waals surface area contributed by atoms with Crippen LogP contribution >= 0.6 is 0 Å². The molecular weight excluding hydrogens is 186 g/mol. The summed E-state index contributed by atoms with van der Waals surface area (Å²) < 4.78 is 1.68. The van der Waals surface area contributed by atoms with Gasteiger partial charge in [0.05, 0.1) is 11.0 Å². The zero-order chi connectivity index (χ0) is 10.4. The SMILES string of the molecule is Cc1nc2cc3c(cc2n1N)CCCC3. The average Bonchev–Trinajstić information content (AvgIpc) is 2.52. The topological polar surface area (TPSA) is 43.8 Å². The molecule has 1 aromatic carbocycles. The summed E-state index contributed by atoms with van der Waals surface area (Å²) in [5, 5.41) is 0. The van der Waals surface area contributed by atoms with Crippen molar-refractivity contribution in [2.24, 2.45) is 0 Å². The standard InChI is InChI=1S/C12H15N3/c1-8-14-11-6-9-4-2-3-5-10(9)7-12(11)15(8)13/h6-7H,2-5,13H2,1H3. The van der Waals surface area contributed by atoms with Crippen molar-refractivity contribution in [2.75, 3.05) is 5.84 Å². The summed E-state index contributed by atoms with van der Waals surface area (Å²) in [5.41, 5.74) is 5.02. The third kappa shape index (κ3) is 1.23. The molecule has 0 unspecified atom stereocenters. The summed E-state index contributed by atoms with van der Waals surface area (Å²) in [4.78, 5) is 4.46. The van der Waals surface area contributed by atoms with Crippen LogP contribution in [0, 0.1) is 6.92 Å². The van der Waals surface area contributed by atoms with Gasteiger partial charge in [-0.15, -0.1) is 0 Å². The number of benzene rings is 1. The Morgan fingerprint density at radius 2 is 1.87 bits per heavy atom. The number of hydrogen-bond donors (Lipinski definition) is 1. The molecule has 0 saturated heterocycles. The number of nitrogen functional groups attached to an aromatic ring is 1. The number of fused-ring (bicyclic) bond motifs is 2. The molecule has 1 aliphatic carbocycles. The molecule has 0 spiro atoms. The Morgan fingerprint density at radius 1 is 1.20 bits per heavy atom. The minimum Gasteiger partial charge on any atom is -0.337 e. The van der Waals surface area contributed by atoms with Crippen molar-refractivity contribution in [3.05, 3.63) is 29.1 Å². The van der Waals surface area contributed by atoms with Gasteiger partial charge in [-0.3, -0.25) is 0 Å². The van der Waals surface area contributed by atoms with E-state index in [-0.39, 0.29) is 0 Å². The molecule has 15 heavy (non-hydrogen) atoms. The molecule has 0 fully saturated rings. The van der Waals surface area contributed by atoms with E-state index in [1.807, 2.05) is 6.92 Å².